The molecule has 0 saturated carbocycles. The van der Waals surface area contributed by atoms with Crippen LogP contribution in [0.15, 0.2) is 12.4 Å². The largest absolute Gasteiger partial charge is 0.386 e. The van der Waals surface area contributed by atoms with Gasteiger partial charge in [-0.15, -0.1) is 0 Å². The Morgan fingerprint density at radius 2 is 1.67 bits per heavy atom. The van der Waals surface area contributed by atoms with Crippen LogP contribution >= 0.6 is 0 Å². The van der Waals surface area contributed by atoms with Crippen LogP contribution in [0.2, 0.25) is 0 Å². The summed E-state index contributed by atoms with van der Waals surface area (Å²) in [7, 11) is 0. The van der Waals surface area contributed by atoms with Crippen molar-refractivity contribution < 1.29 is 13.9 Å². The molecule has 0 aromatic carbocycles. The molecule has 0 saturated heterocycles. The predicted octanol–water partition coefficient (Wildman–Crippen LogP) is 1.59. The predicted molar refractivity (Wildman–Crippen MR) is 39.4 cm³/mol. The van der Waals surface area contributed by atoms with Crippen LogP contribution in [0.25, 0.3) is 0 Å². The SMILES string of the molecule is CC(C)(O)c1c(F)cncc1F. The fourth-order valence-electron chi connectivity index (χ4n) is 0.996. The van der Waals surface area contributed by atoms with E-state index < -0.39 is 17.2 Å². The number of aromatic nitrogens is 1. The lowest BCUT2D eigenvalue weighted by atomic mass is 9.99. The Labute approximate surface area is 68.9 Å². The fraction of sp³-hybridized carbons (Fsp3) is 0.375. The van der Waals surface area contributed by atoms with E-state index in [2.05, 4.69) is 4.98 Å². The van der Waals surface area contributed by atoms with E-state index in [-0.39, 0.29) is 5.56 Å². The van der Waals surface area contributed by atoms with Crippen molar-refractivity contribution in [2.75, 3.05) is 0 Å². The molecule has 0 spiro atoms. The van der Waals surface area contributed by atoms with E-state index in [0.717, 1.165) is 12.4 Å². The molecule has 0 fully saturated rings. The Balaban J connectivity index is 3.31. The van der Waals surface area contributed by atoms with Crippen molar-refractivity contribution in [1.82, 2.24) is 4.98 Å². The topological polar surface area (TPSA) is 33.1 Å². The standard InChI is InChI=1S/C8H9F2NO/c1-8(2,12)7-5(9)3-11-4-6(7)10/h3-4,12H,1-2H3. The minimum Gasteiger partial charge on any atom is -0.386 e. The molecule has 0 bridgehead atoms. The van der Waals surface area contributed by atoms with Crippen molar-refractivity contribution in [3.05, 3.63) is 29.6 Å². The number of hydrogen-bond acceptors (Lipinski definition) is 2. The summed E-state index contributed by atoms with van der Waals surface area (Å²) < 4.78 is 25.8. The lowest BCUT2D eigenvalue weighted by Crippen LogP contribution is -2.20. The van der Waals surface area contributed by atoms with Gasteiger partial charge < -0.3 is 5.11 Å². The van der Waals surface area contributed by atoms with Crippen molar-refractivity contribution in [2.45, 2.75) is 19.4 Å². The summed E-state index contributed by atoms with van der Waals surface area (Å²) in [6.07, 6.45) is 1.74. The minimum atomic E-state index is -1.52. The summed E-state index contributed by atoms with van der Waals surface area (Å²) >= 11 is 0. The van der Waals surface area contributed by atoms with Gasteiger partial charge in [0.15, 0.2) is 0 Å². The van der Waals surface area contributed by atoms with Gasteiger partial charge in [0, 0.05) is 0 Å². The highest BCUT2D eigenvalue weighted by Crippen LogP contribution is 2.24. The molecule has 4 heteroatoms. The number of hydrogen-bond donors (Lipinski definition) is 1. The van der Waals surface area contributed by atoms with Crippen LogP contribution in [0, 0.1) is 11.6 Å². The van der Waals surface area contributed by atoms with E-state index in [4.69, 9.17) is 0 Å². The maximum atomic E-state index is 12.9. The lowest BCUT2D eigenvalue weighted by molar-refractivity contribution is 0.0700. The number of halogens is 2. The summed E-state index contributed by atoms with van der Waals surface area (Å²) in [4.78, 5) is 3.30. The average Bonchev–Trinajstić information content (AvgIpc) is 1.82. The maximum absolute atomic E-state index is 12.9. The highest BCUT2D eigenvalue weighted by molar-refractivity contribution is 5.21. The Hall–Kier alpha value is -1.03. The van der Waals surface area contributed by atoms with Gasteiger partial charge in [-0.2, -0.15) is 0 Å². The van der Waals surface area contributed by atoms with Gasteiger partial charge in [-0.3, -0.25) is 4.98 Å². The quantitative estimate of drug-likeness (QED) is 0.699. The molecular formula is C8H9F2NO. The van der Waals surface area contributed by atoms with Crippen LogP contribution in [0.4, 0.5) is 8.78 Å². The molecular weight excluding hydrogens is 164 g/mol. The third-order valence-corrected chi connectivity index (χ3v) is 1.47. The Kier molecular flexibility index (Phi) is 2.10. The van der Waals surface area contributed by atoms with Gasteiger partial charge in [-0.1, -0.05) is 0 Å². The van der Waals surface area contributed by atoms with Gasteiger partial charge in [-0.25, -0.2) is 8.78 Å². The lowest BCUT2D eigenvalue weighted by Gasteiger charge is -2.18. The van der Waals surface area contributed by atoms with Gasteiger partial charge in [0.1, 0.15) is 11.6 Å². The van der Waals surface area contributed by atoms with Gasteiger partial charge in [0.25, 0.3) is 0 Å². The molecule has 1 aromatic rings. The second-order valence-electron chi connectivity index (χ2n) is 3.04. The van der Waals surface area contributed by atoms with E-state index in [1.165, 1.54) is 13.8 Å². The van der Waals surface area contributed by atoms with Gasteiger partial charge in [0.05, 0.1) is 23.6 Å². The zero-order chi connectivity index (χ0) is 9.35. The van der Waals surface area contributed by atoms with Crippen LogP contribution in [0.5, 0.6) is 0 Å². The number of pyridine rings is 1. The zero-order valence-electron chi connectivity index (χ0n) is 6.81. The van der Waals surface area contributed by atoms with Crippen LogP contribution in [0.3, 0.4) is 0 Å². The van der Waals surface area contributed by atoms with Gasteiger partial charge in [0.2, 0.25) is 0 Å². The molecule has 0 radical (unpaired) electrons. The second kappa shape index (κ2) is 2.79. The number of nitrogens with zero attached hydrogens (tertiary/aromatic N) is 1. The summed E-state index contributed by atoms with van der Waals surface area (Å²) in [5.74, 6) is -1.66. The van der Waals surface area contributed by atoms with Crippen LogP contribution in [-0.4, -0.2) is 10.1 Å². The highest BCUT2D eigenvalue weighted by Gasteiger charge is 2.24. The molecule has 1 aromatic heterocycles. The van der Waals surface area contributed by atoms with E-state index in [1.54, 1.807) is 0 Å². The summed E-state index contributed by atoms with van der Waals surface area (Å²) in [6.45, 7) is 2.63. The average molecular weight is 173 g/mol. The van der Waals surface area contributed by atoms with E-state index in [1.807, 2.05) is 0 Å². The molecule has 0 aliphatic carbocycles. The Morgan fingerprint density at radius 3 is 1.92 bits per heavy atom. The molecule has 66 valence electrons. The molecule has 1 N–H and O–H groups in total. The first-order valence-corrected chi connectivity index (χ1v) is 3.45. The normalized spacial score (nSPS) is 11.8. The summed E-state index contributed by atoms with van der Waals surface area (Å²) in [6, 6.07) is 0. The molecule has 1 heterocycles. The molecule has 2 nitrogen and oxygen atoms in total. The summed E-state index contributed by atoms with van der Waals surface area (Å²) in [5.41, 5.74) is -1.87. The number of aliphatic hydroxyl groups is 1. The highest BCUT2D eigenvalue weighted by atomic mass is 19.1. The van der Waals surface area contributed by atoms with Gasteiger partial charge in [-0.05, 0) is 13.8 Å². The van der Waals surface area contributed by atoms with E-state index in [0.29, 0.717) is 0 Å². The number of rotatable bonds is 1. The van der Waals surface area contributed by atoms with E-state index >= 15 is 0 Å². The Bertz CT molecular complexity index is 273. The molecule has 0 atom stereocenters. The monoisotopic (exact) mass is 173 g/mol. The molecule has 0 unspecified atom stereocenters. The first-order chi connectivity index (χ1) is 5.43. The smallest absolute Gasteiger partial charge is 0.150 e. The van der Waals surface area contributed by atoms with E-state index in [9.17, 15) is 13.9 Å². The maximum Gasteiger partial charge on any atom is 0.150 e. The van der Waals surface area contributed by atoms with Gasteiger partial charge >= 0.3 is 0 Å². The third kappa shape index (κ3) is 1.58. The minimum absolute atomic E-state index is 0.350. The first-order valence-electron chi connectivity index (χ1n) is 3.45. The van der Waals surface area contributed by atoms with Crippen molar-refractivity contribution in [3.8, 4) is 0 Å². The van der Waals surface area contributed by atoms with Crippen LogP contribution in [-0.2, 0) is 5.60 Å². The first kappa shape index (κ1) is 9.06. The molecule has 1 rings (SSSR count). The van der Waals surface area contributed by atoms with Crippen molar-refractivity contribution in [2.24, 2.45) is 0 Å². The van der Waals surface area contributed by atoms with Crippen molar-refractivity contribution >= 4 is 0 Å². The molecule has 12 heavy (non-hydrogen) atoms. The second-order valence-corrected chi connectivity index (χ2v) is 3.04. The van der Waals surface area contributed by atoms with Crippen LogP contribution < -0.4 is 0 Å². The zero-order valence-corrected chi connectivity index (χ0v) is 6.81. The van der Waals surface area contributed by atoms with Crippen LogP contribution in [0.1, 0.15) is 19.4 Å². The molecule has 0 aliphatic rings. The Morgan fingerprint density at radius 1 is 1.25 bits per heavy atom. The fourth-order valence-corrected chi connectivity index (χ4v) is 0.996. The van der Waals surface area contributed by atoms with Crippen molar-refractivity contribution in [3.63, 3.8) is 0 Å². The third-order valence-electron chi connectivity index (χ3n) is 1.47. The molecule has 0 aliphatic heterocycles. The molecule has 0 amide bonds. The van der Waals surface area contributed by atoms with Crippen molar-refractivity contribution in [1.29, 1.82) is 0 Å². The summed E-state index contributed by atoms with van der Waals surface area (Å²) in [5, 5.41) is 9.34.